The molecule has 2 aromatic rings. The third-order valence-corrected chi connectivity index (χ3v) is 2.79. The van der Waals surface area contributed by atoms with Gasteiger partial charge in [0, 0.05) is 11.8 Å². The molecule has 2 amide bonds. The summed E-state index contributed by atoms with van der Waals surface area (Å²) in [6, 6.07) is 9.46. The van der Waals surface area contributed by atoms with Crippen LogP contribution in [-0.2, 0) is 0 Å². The molecule has 2 aromatic carbocycles. The van der Waals surface area contributed by atoms with E-state index in [0.29, 0.717) is 11.4 Å². The largest absolute Gasteiger partial charge is 0.506 e. The number of benzene rings is 2. The van der Waals surface area contributed by atoms with E-state index in [0.717, 1.165) is 6.07 Å². The molecule has 0 saturated carbocycles. The first-order valence-electron chi connectivity index (χ1n) is 6.19. The van der Waals surface area contributed by atoms with E-state index in [-0.39, 0.29) is 17.1 Å². The van der Waals surface area contributed by atoms with E-state index in [1.807, 2.05) is 0 Å². The Balaban J connectivity index is 2.03. The lowest BCUT2D eigenvalue weighted by molar-refractivity contribution is -0.384. The van der Waals surface area contributed by atoms with Gasteiger partial charge < -0.3 is 20.5 Å². The summed E-state index contributed by atoms with van der Waals surface area (Å²) in [6.07, 6.45) is 0. The van der Waals surface area contributed by atoms with Gasteiger partial charge in [0.15, 0.2) is 0 Å². The number of hydrogen-bond acceptors (Lipinski definition) is 5. The Kier molecular flexibility index (Phi) is 4.42. The molecule has 3 N–H and O–H groups in total. The molecule has 2 rings (SSSR count). The molecule has 0 saturated heterocycles. The number of hydrogen-bond donors (Lipinski definition) is 3. The van der Waals surface area contributed by atoms with Gasteiger partial charge >= 0.3 is 6.03 Å². The van der Waals surface area contributed by atoms with Crippen molar-refractivity contribution < 1.29 is 19.6 Å². The number of nitrogens with zero attached hydrogens (tertiary/aromatic N) is 1. The molecule has 0 aromatic heterocycles. The van der Waals surface area contributed by atoms with Gasteiger partial charge in [-0.25, -0.2) is 4.79 Å². The summed E-state index contributed by atoms with van der Waals surface area (Å²) in [5.74, 6) is 0.262. The molecular weight excluding hydrogens is 290 g/mol. The maximum atomic E-state index is 11.8. The second-order valence-corrected chi connectivity index (χ2v) is 4.27. The smallest absolute Gasteiger partial charge is 0.323 e. The number of urea groups is 1. The molecule has 0 radical (unpaired) electrons. The molecule has 0 aliphatic heterocycles. The molecule has 0 atom stereocenters. The molecule has 0 heterocycles. The summed E-state index contributed by atoms with van der Waals surface area (Å²) in [4.78, 5) is 21.7. The van der Waals surface area contributed by atoms with Crippen molar-refractivity contribution in [3.8, 4) is 11.5 Å². The van der Waals surface area contributed by atoms with Crippen LogP contribution in [0.25, 0.3) is 0 Å². The summed E-state index contributed by atoms with van der Waals surface area (Å²) in [5, 5.41) is 25.2. The van der Waals surface area contributed by atoms with E-state index in [4.69, 9.17) is 4.74 Å². The van der Waals surface area contributed by atoms with Crippen LogP contribution in [0.5, 0.6) is 11.5 Å². The Morgan fingerprint density at radius 3 is 2.41 bits per heavy atom. The van der Waals surface area contributed by atoms with Gasteiger partial charge in [-0.15, -0.1) is 0 Å². The summed E-state index contributed by atoms with van der Waals surface area (Å²) in [5.41, 5.74) is 0.329. The van der Waals surface area contributed by atoms with Gasteiger partial charge in [-0.05, 0) is 30.3 Å². The maximum absolute atomic E-state index is 11.8. The van der Waals surface area contributed by atoms with Crippen LogP contribution in [0.2, 0.25) is 0 Å². The van der Waals surface area contributed by atoms with Crippen LogP contribution in [-0.4, -0.2) is 23.2 Å². The number of carbonyl (C=O) groups is 1. The van der Waals surface area contributed by atoms with Crippen LogP contribution >= 0.6 is 0 Å². The number of aromatic hydroxyl groups is 1. The Morgan fingerprint density at radius 2 is 1.86 bits per heavy atom. The number of ether oxygens (including phenoxy) is 1. The predicted molar refractivity (Wildman–Crippen MR) is 80.4 cm³/mol. The zero-order valence-corrected chi connectivity index (χ0v) is 11.6. The van der Waals surface area contributed by atoms with Gasteiger partial charge in [0.2, 0.25) is 0 Å². The second kappa shape index (κ2) is 6.44. The molecule has 22 heavy (non-hydrogen) atoms. The van der Waals surface area contributed by atoms with Crippen LogP contribution in [0.15, 0.2) is 42.5 Å². The Morgan fingerprint density at radius 1 is 1.18 bits per heavy atom. The highest BCUT2D eigenvalue weighted by Crippen LogP contribution is 2.28. The van der Waals surface area contributed by atoms with Gasteiger partial charge in [-0.3, -0.25) is 10.1 Å². The number of carbonyl (C=O) groups excluding carboxylic acids is 1. The topological polar surface area (TPSA) is 114 Å². The molecule has 0 fully saturated rings. The molecular formula is C14H13N3O5. The van der Waals surface area contributed by atoms with E-state index >= 15 is 0 Å². The molecule has 0 spiro atoms. The summed E-state index contributed by atoms with van der Waals surface area (Å²) >= 11 is 0. The molecule has 0 aliphatic rings. The normalized spacial score (nSPS) is 9.86. The number of phenols is 1. The number of amides is 2. The fourth-order valence-corrected chi connectivity index (χ4v) is 1.70. The van der Waals surface area contributed by atoms with Crippen molar-refractivity contribution >= 4 is 23.1 Å². The van der Waals surface area contributed by atoms with Gasteiger partial charge in [0.25, 0.3) is 5.69 Å². The van der Waals surface area contributed by atoms with Gasteiger partial charge in [0.05, 0.1) is 23.8 Å². The molecule has 8 heteroatoms. The van der Waals surface area contributed by atoms with Crippen molar-refractivity contribution in [2.75, 3.05) is 17.7 Å². The van der Waals surface area contributed by atoms with Gasteiger partial charge in [-0.2, -0.15) is 0 Å². The minimum Gasteiger partial charge on any atom is -0.506 e. The quantitative estimate of drug-likeness (QED) is 0.456. The summed E-state index contributed by atoms with van der Waals surface area (Å²) in [6.45, 7) is 0. The number of non-ortho nitro benzene ring substituents is 1. The summed E-state index contributed by atoms with van der Waals surface area (Å²) < 4.78 is 5.00. The second-order valence-electron chi connectivity index (χ2n) is 4.27. The number of methoxy groups -OCH3 is 1. The third-order valence-electron chi connectivity index (χ3n) is 2.79. The van der Waals surface area contributed by atoms with Crippen molar-refractivity contribution in [2.45, 2.75) is 0 Å². The van der Waals surface area contributed by atoms with Crippen LogP contribution in [0.4, 0.5) is 21.9 Å². The summed E-state index contributed by atoms with van der Waals surface area (Å²) in [7, 11) is 1.53. The van der Waals surface area contributed by atoms with E-state index in [9.17, 15) is 20.0 Å². The molecule has 8 nitrogen and oxygen atoms in total. The van der Waals surface area contributed by atoms with Crippen molar-refractivity contribution in [1.29, 1.82) is 0 Å². The lowest BCUT2D eigenvalue weighted by Crippen LogP contribution is -2.19. The van der Waals surface area contributed by atoms with Crippen LogP contribution in [0.3, 0.4) is 0 Å². The Hall–Kier alpha value is -3.29. The van der Waals surface area contributed by atoms with Crippen molar-refractivity contribution in [1.82, 2.24) is 0 Å². The standard InChI is InChI=1S/C14H13N3O5/c1-22-11-5-2-9(3-6-11)15-14(19)16-12-7-4-10(17(20)21)8-13(12)18/h2-8,18H,1H3,(H2,15,16,19). The minimum absolute atomic E-state index is 0.0663. The fourth-order valence-electron chi connectivity index (χ4n) is 1.70. The first kappa shape index (κ1) is 15.1. The number of phenolic OH excluding ortho intramolecular Hbond substituents is 1. The predicted octanol–water partition coefficient (Wildman–Crippen LogP) is 2.95. The number of nitrogens with one attached hydrogen (secondary N) is 2. The van der Waals surface area contributed by atoms with Crippen molar-refractivity contribution in [3.63, 3.8) is 0 Å². The van der Waals surface area contributed by atoms with E-state index < -0.39 is 11.0 Å². The Bertz CT molecular complexity index is 700. The SMILES string of the molecule is COc1ccc(NC(=O)Nc2ccc([N+](=O)[O-])cc2O)cc1. The highest BCUT2D eigenvalue weighted by atomic mass is 16.6. The van der Waals surface area contributed by atoms with E-state index in [1.54, 1.807) is 24.3 Å². The van der Waals surface area contributed by atoms with Crippen LogP contribution < -0.4 is 15.4 Å². The van der Waals surface area contributed by atoms with E-state index in [1.165, 1.54) is 19.2 Å². The molecule has 114 valence electrons. The lowest BCUT2D eigenvalue weighted by Gasteiger charge is -2.09. The molecule has 0 unspecified atom stereocenters. The highest BCUT2D eigenvalue weighted by molar-refractivity contribution is 6.00. The molecule has 0 bridgehead atoms. The van der Waals surface area contributed by atoms with E-state index in [2.05, 4.69) is 10.6 Å². The Labute approximate surface area is 125 Å². The zero-order chi connectivity index (χ0) is 16.1. The van der Waals surface area contributed by atoms with Crippen LogP contribution in [0, 0.1) is 10.1 Å². The van der Waals surface area contributed by atoms with Gasteiger partial charge in [0.1, 0.15) is 11.5 Å². The number of anilines is 2. The van der Waals surface area contributed by atoms with Crippen LogP contribution in [0.1, 0.15) is 0 Å². The third kappa shape index (κ3) is 3.63. The number of rotatable bonds is 4. The zero-order valence-electron chi connectivity index (χ0n) is 11.6. The lowest BCUT2D eigenvalue weighted by atomic mass is 10.2. The first-order chi connectivity index (χ1) is 10.5. The van der Waals surface area contributed by atoms with Crippen molar-refractivity contribution in [3.05, 3.63) is 52.6 Å². The minimum atomic E-state index is -0.638. The maximum Gasteiger partial charge on any atom is 0.323 e. The highest BCUT2D eigenvalue weighted by Gasteiger charge is 2.12. The van der Waals surface area contributed by atoms with Gasteiger partial charge in [-0.1, -0.05) is 0 Å². The molecule has 0 aliphatic carbocycles. The first-order valence-corrected chi connectivity index (χ1v) is 6.19. The fraction of sp³-hybridized carbons (Fsp3) is 0.0714. The average Bonchev–Trinajstić information content (AvgIpc) is 2.50. The van der Waals surface area contributed by atoms with Crippen molar-refractivity contribution in [2.24, 2.45) is 0 Å². The number of nitro groups is 1. The number of nitro benzene ring substituents is 1. The average molecular weight is 303 g/mol. The monoisotopic (exact) mass is 303 g/mol.